The number of aromatic nitrogens is 3. The minimum Gasteiger partial charge on any atom is -0.296 e. The van der Waals surface area contributed by atoms with Crippen LogP contribution in [0.4, 0.5) is 5.13 Å². The monoisotopic (exact) mass is 340 g/mol. The van der Waals surface area contributed by atoms with E-state index in [1.165, 1.54) is 11.3 Å². The zero-order valence-corrected chi connectivity index (χ0v) is 13.5. The summed E-state index contributed by atoms with van der Waals surface area (Å²) in [4.78, 5) is 16.4. The molecule has 5 nitrogen and oxygen atoms in total. The van der Waals surface area contributed by atoms with Gasteiger partial charge in [0.25, 0.3) is 5.91 Å². The predicted octanol–water partition coefficient (Wildman–Crippen LogP) is 3.90. The van der Waals surface area contributed by atoms with E-state index in [2.05, 4.69) is 15.4 Å². The number of halogens is 2. The van der Waals surface area contributed by atoms with Gasteiger partial charge in [-0.15, -0.1) is 0 Å². The molecule has 0 fully saturated rings. The zero-order valence-electron chi connectivity index (χ0n) is 11.1. The van der Waals surface area contributed by atoms with Crippen LogP contribution in [0.5, 0.6) is 0 Å². The van der Waals surface area contributed by atoms with Gasteiger partial charge < -0.3 is 0 Å². The molecule has 0 aliphatic carbocycles. The summed E-state index contributed by atoms with van der Waals surface area (Å²) in [6, 6.07) is 5.24. The summed E-state index contributed by atoms with van der Waals surface area (Å²) in [6.45, 7) is 1.88. The molecule has 0 atom stereocenters. The van der Waals surface area contributed by atoms with E-state index in [9.17, 15) is 4.79 Å². The molecule has 0 unspecified atom stereocenters. The fourth-order valence-corrected chi connectivity index (χ4v) is 3.11. The largest absolute Gasteiger partial charge is 0.296 e. The minimum atomic E-state index is -0.306. The summed E-state index contributed by atoms with van der Waals surface area (Å²) in [5.41, 5.74) is 1.83. The number of anilines is 1. The van der Waals surface area contributed by atoms with Gasteiger partial charge in [-0.05, 0) is 25.1 Å². The van der Waals surface area contributed by atoms with Gasteiger partial charge in [-0.1, -0.05) is 34.5 Å². The van der Waals surface area contributed by atoms with Crippen LogP contribution in [-0.4, -0.2) is 20.7 Å². The van der Waals surface area contributed by atoms with Gasteiger partial charge in [0, 0.05) is 12.7 Å². The van der Waals surface area contributed by atoms with Crippen LogP contribution in [-0.2, 0) is 7.05 Å². The van der Waals surface area contributed by atoms with E-state index in [0.717, 1.165) is 10.4 Å². The lowest BCUT2D eigenvalue weighted by Gasteiger charge is -1.96. The van der Waals surface area contributed by atoms with Gasteiger partial charge in [-0.3, -0.25) is 14.8 Å². The lowest BCUT2D eigenvalue weighted by molar-refractivity contribution is 0.102. The summed E-state index contributed by atoms with van der Waals surface area (Å²) in [5.74, 6) is -0.306. The van der Waals surface area contributed by atoms with Crippen LogP contribution < -0.4 is 5.32 Å². The molecular weight excluding hydrogens is 331 g/mol. The predicted molar refractivity (Wildman–Crippen MR) is 85.5 cm³/mol. The Kier molecular flexibility index (Phi) is 3.61. The Balaban J connectivity index is 1.91. The van der Waals surface area contributed by atoms with E-state index in [1.54, 1.807) is 23.9 Å². The smallest absolute Gasteiger partial charge is 0.277 e. The van der Waals surface area contributed by atoms with Crippen molar-refractivity contribution in [1.29, 1.82) is 0 Å². The van der Waals surface area contributed by atoms with Crippen molar-refractivity contribution in [3.05, 3.63) is 39.6 Å². The highest BCUT2D eigenvalue weighted by atomic mass is 35.5. The minimum absolute atomic E-state index is 0.306. The summed E-state index contributed by atoms with van der Waals surface area (Å²) in [5, 5.41) is 8.14. The number of hydrogen-bond donors (Lipinski definition) is 1. The van der Waals surface area contributed by atoms with Crippen molar-refractivity contribution < 1.29 is 4.79 Å². The summed E-state index contributed by atoms with van der Waals surface area (Å²) in [7, 11) is 1.78. The summed E-state index contributed by atoms with van der Waals surface area (Å²) >= 11 is 13.4. The highest BCUT2D eigenvalue weighted by Gasteiger charge is 2.15. The normalized spacial score (nSPS) is 11.0. The van der Waals surface area contributed by atoms with Gasteiger partial charge in [0.1, 0.15) is 5.52 Å². The van der Waals surface area contributed by atoms with Gasteiger partial charge in [-0.2, -0.15) is 5.10 Å². The molecule has 0 bridgehead atoms. The van der Waals surface area contributed by atoms with Crippen molar-refractivity contribution in [2.24, 2.45) is 7.05 Å². The highest BCUT2D eigenvalue weighted by molar-refractivity contribution is 7.22. The lowest BCUT2D eigenvalue weighted by atomic mass is 10.3. The number of carbonyl (C=O) groups is 1. The molecule has 3 aromatic rings. The van der Waals surface area contributed by atoms with Crippen molar-refractivity contribution in [2.75, 3.05) is 5.32 Å². The van der Waals surface area contributed by atoms with Gasteiger partial charge in [0.2, 0.25) is 0 Å². The molecule has 108 valence electrons. The second-order valence-corrected chi connectivity index (χ2v) is 6.29. The van der Waals surface area contributed by atoms with Crippen LogP contribution >= 0.6 is 34.5 Å². The van der Waals surface area contributed by atoms with E-state index in [0.29, 0.717) is 26.4 Å². The molecule has 0 spiro atoms. The van der Waals surface area contributed by atoms with Gasteiger partial charge >= 0.3 is 0 Å². The first-order valence-electron chi connectivity index (χ1n) is 6.02. The van der Waals surface area contributed by atoms with E-state index < -0.39 is 0 Å². The third-order valence-electron chi connectivity index (χ3n) is 3.02. The number of amides is 1. The summed E-state index contributed by atoms with van der Waals surface area (Å²) in [6.07, 6.45) is 0. The van der Waals surface area contributed by atoms with E-state index in [-0.39, 0.29) is 5.91 Å². The Bertz CT molecular complexity index is 836. The zero-order chi connectivity index (χ0) is 15.1. The average molecular weight is 341 g/mol. The van der Waals surface area contributed by atoms with Crippen molar-refractivity contribution >= 4 is 55.8 Å². The second-order valence-electron chi connectivity index (χ2n) is 4.48. The first kappa shape index (κ1) is 14.3. The Labute approximate surface area is 134 Å². The maximum Gasteiger partial charge on any atom is 0.277 e. The number of nitrogens with zero attached hydrogens (tertiary/aromatic N) is 3. The third-order valence-corrected chi connectivity index (χ3v) is 4.75. The Hall–Kier alpha value is -1.63. The maximum absolute atomic E-state index is 12.1. The number of thiazole rings is 1. The van der Waals surface area contributed by atoms with E-state index in [1.807, 2.05) is 13.0 Å². The van der Waals surface area contributed by atoms with Crippen molar-refractivity contribution in [3.8, 4) is 0 Å². The number of carbonyl (C=O) groups excluding carboxylic acids is 1. The van der Waals surface area contributed by atoms with Crippen molar-refractivity contribution in [3.63, 3.8) is 0 Å². The standard InChI is InChI=1S/C13H10Cl2N4OS/c1-6-5-8(18-19(6)2)12(20)17-13-16-11-9(21-13)4-3-7(14)10(11)15/h3-5H,1-2H3,(H,16,17,20). The highest BCUT2D eigenvalue weighted by Crippen LogP contribution is 2.35. The SMILES string of the molecule is Cc1cc(C(=O)Nc2nc3c(Cl)c(Cl)ccc3s2)nn1C. The van der Waals surface area contributed by atoms with Crippen LogP contribution in [0.3, 0.4) is 0 Å². The quantitative estimate of drug-likeness (QED) is 0.769. The number of nitrogens with one attached hydrogen (secondary N) is 1. The van der Waals surface area contributed by atoms with Gasteiger partial charge in [-0.25, -0.2) is 4.98 Å². The van der Waals surface area contributed by atoms with E-state index in [4.69, 9.17) is 23.2 Å². The topological polar surface area (TPSA) is 59.8 Å². The molecule has 0 saturated heterocycles. The van der Waals surface area contributed by atoms with Crippen LogP contribution in [0.2, 0.25) is 10.0 Å². The fraction of sp³-hybridized carbons (Fsp3) is 0.154. The first-order valence-corrected chi connectivity index (χ1v) is 7.59. The maximum atomic E-state index is 12.1. The average Bonchev–Trinajstić information content (AvgIpc) is 2.99. The number of benzene rings is 1. The Morgan fingerprint density at radius 1 is 1.38 bits per heavy atom. The molecule has 0 radical (unpaired) electrons. The Morgan fingerprint density at radius 2 is 2.14 bits per heavy atom. The lowest BCUT2D eigenvalue weighted by Crippen LogP contribution is -2.12. The Morgan fingerprint density at radius 3 is 2.81 bits per heavy atom. The molecule has 21 heavy (non-hydrogen) atoms. The van der Waals surface area contributed by atoms with E-state index >= 15 is 0 Å². The third kappa shape index (κ3) is 2.62. The van der Waals surface area contributed by atoms with Gasteiger partial charge in [0.15, 0.2) is 10.8 Å². The number of hydrogen-bond acceptors (Lipinski definition) is 4. The molecule has 1 aromatic carbocycles. The molecule has 8 heteroatoms. The van der Waals surface area contributed by atoms with Crippen LogP contribution in [0.15, 0.2) is 18.2 Å². The molecule has 2 heterocycles. The number of aryl methyl sites for hydroxylation is 2. The van der Waals surface area contributed by atoms with Crippen LogP contribution in [0.1, 0.15) is 16.2 Å². The molecule has 0 aliphatic rings. The molecule has 2 aromatic heterocycles. The molecular formula is C13H10Cl2N4OS. The number of fused-ring (bicyclic) bond motifs is 1. The molecule has 1 amide bonds. The van der Waals surface area contributed by atoms with Crippen molar-refractivity contribution in [2.45, 2.75) is 6.92 Å². The van der Waals surface area contributed by atoms with Gasteiger partial charge in [0.05, 0.1) is 14.7 Å². The van der Waals surface area contributed by atoms with Crippen molar-refractivity contribution in [1.82, 2.24) is 14.8 Å². The molecule has 1 N–H and O–H groups in total. The first-order chi connectivity index (χ1) is 9.95. The second kappa shape index (κ2) is 5.29. The molecule has 3 rings (SSSR count). The fourth-order valence-electron chi connectivity index (χ4n) is 1.82. The molecule has 0 aliphatic heterocycles. The molecule has 0 saturated carbocycles. The number of rotatable bonds is 2. The van der Waals surface area contributed by atoms with Crippen LogP contribution in [0.25, 0.3) is 10.2 Å². The summed E-state index contributed by atoms with van der Waals surface area (Å²) < 4.78 is 2.50. The van der Waals surface area contributed by atoms with Crippen LogP contribution in [0, 0.1) is 6.92 Å².